The van der Waals surface area contributed by atoms with Crippen LogP contribution in [0.5, 0.6) is 0 Å². The number of carbonyl (C=O) groups is 1. The van der Waals surface area contributed by atoms with E-state index in [4.69, 9.17) is 0 Å². The quantitative estimate of drug-likeness (QED) is 0.596. The smallest absolute Gasteiger partial charge is 0.138 e. The van der Waals surface area contributed by atoms with Gasteiger partial charge in [-0.05, 0) is 19.3 Å². The van der Waals surface area contributed by atoms with Crippen molar-refractivity contribution < 1.29 is 4.79 Å². The zero-order chi connectivity index (χ0) is 9.26. The Labute approximate surface area is 79.7 Å². The Kier molecular flexibility index (Phi) is 2.65. The van der Waals surface area contributed by atoms with E-state index in [0.717, 1.165) is 19.3 Å². The molecule has 1 aliphatic carbocycles. The van der Waals surface area contributed by atoms with E-state index in [1.165, 1.54) is 25.7 Å². The van der Waals surface area contributed by atoms with Crippen molar-refractivity contribution in [1.82, 2.24) is 10.0 Å². The summed E-state index contributed by atoms with van der Waals surface area (Å²) in [5.74, 6) is 0. The SMILES string of the molecule is CN1CCC(C=O)N1C1CCCC1. The summed E-state index contributed by atoms with van der Waals surface area (Å²) in [5, 5.41) is 4.54. The van der Waals surface area contributed by atoms with Crippen LogP contribution in [0.4, 0.5) is 0 Å². The summed E-state index contributed by atoms with van der Waals surface area (Å²) in [6, 6.07) is 0.802. The summed E-state index contributed by atoms with van der Waals surface area (Å²) in [7, 11) is 2.10. The second-order valence-electron chi connectivity index (χ2n) is 4.19. The molecule has 0 spiro atoms. The number of aldehydes is 1. The molecule has 3 heteroatoms. The summed E-state index contributed by atoms with van der Waals surface area (Å²) in [6.45, 7) is 1.04. The van der Waals surface area contributed by atoms with Gasteiger partial charge in [0.25, 0.3) is 0 Å². The minimum Gasteiger partial charge on any atom is -0.302 e. The second kappa shape index (κ2) is 3.76. The number of nitrogens with zero attached hydrogens (tertiary/aromatic N) is 2. The average molecular weight is 182 g/mol. The third kappa shape index (κ3) is 1.63. The molecule has 1 aliphatic heterocycles. The Bertz CT molecular complexity index is 189. The van der Waals surface area contributed by atoms with Crippen LogP contribution >= 0.6 is 0 Å². The topological polar surface area (TPSA) is 23.6 Å². The van der Waals surface area contributed by atoms with Crippen LogP contribution in [0, 0.1) is 0 Å². The van der Waals surface area contributed by atoms with E-state index in [2.05, 4.69) is 17.1 Å². The molecular weight excluding hydrogens is 164 g/mol. The van der Waals surface area contributed by atoms with Gasteiger partial charge in [-0.2, -0.15) is 0 Å². The first kappa shape index (κ1) is 9.16. The fourth-order valence-corrected chi connectivity index (χ4v) is 2.67. The molecule has 0 bridgehead atoms. The molecule has 0 amide bonds. The Morgan fingerprint density at radius 2 is 1.92 bits per heavy atom. The minimum absolute atomic E-state index is 0.160. The molecule has 1 saturated carbocycles. The van der Waals surface area contributed by atoms with Crippen LogP contribution in [-0.4, -0.2) is 42.0 Å². The lowest BCUT2D eigenvalue weighted by molar-refractivity contribution is -0.117. The zero-order valence-corrected chi connectivity index (χ0v) is 8.28. The number of hydrogen-bond acceptors (Lipinski definition) is 3. The van der Waals surface area contributed by atoms with Gasteiger partial charge in [-0.25, -0.2) is 10.0 Å². The lowest BCUT2D eigenvalue weighted by Crippen LogP contribution is -2.45. The number of carbonyl (C=O) groups excluding carboxylic acids is 1. The Hall–Kier alpha value is -0.410. The summed E-state index contributed by atoms with van der Waals surface area (Å²) in [6.07, 6.45) is 7.34. The maximum atomic E-state index is 10.9. The molecule has 0 aromatic carbocycles. The summed E-state index contributed by atoms with van der Waals surface area (Å²) >= 11 is 0. The van der Waals surface area contributed by atoms with Crippen LogP contribution in [-0.2, 0) is 4.79 Å². The molecule has 0 aromatic heterocycles. The Balaban J connectivity index is 2.04. The molecular formula is C10H18N2O. The Morgan fingerprint density at radius 3 is 2.54 bits per heavy atom. The van der Waals surface area contributed by atoms with Crippen LogP contribution in [0.2, 0.25) is 0 Å². The Morgan fingerprint density at radius 1 is 1.23 bits per heavy atom. The molecule has 1 saturated heterocycles. The lowest BCUT2D eigenvalue weighted by Gasteiger charge is -2.32. The number of rotatable bonds is 2. The van der Waals surface area contributed by atoms with E-state index >= 15 is 0 Å². The second-order valence-corrected chi connectivity index (χ2v) is 4.19. The predicted octanol–water partition coefficient (Wildman–Crippen LogP) is 1.05. The highest BCUT2D eigenvalue weighted by Crippen LogP contribution is 2.29. The molecule has 2 aliphatic rings. The van der Waals surface area contributed by atoms with E-state index in [-0.39, 0.29) is 6.04 Å². The first-order valence-corrected chi connectivity index (χ1v) is 5.27. The van der Waals surface area contributed by atoms with Gasteiger partial charge in [-0.15, -0.1) is 0 Å². The van der Waals surface area contributed by atoms with Gasteiger partial charge in [0.15, 0.2) is 0 Å². The summed E-state index contributed by atoms with van der Waals surface area (Å²) in [4.78, 5) is 10.9. The van der Waals surface area contributed by atoms with E-state index in [0.29, 0.717) is 6.04 Å². The number of hydrazine groups is 1. The van der Waals surface area contributed by atoms with Crippen molar-refractivity contribution in [2.45, 2.75) is 44.2 Å². The van der Waals surface area contributed by atoms with Crippen molar-refractivity contribution in [1.29, 1.82) is 0 Å². The average Bonchev–Trinajstić information content (AvgIpc) is 2.72. The van der Waals surface area contributed by atoms with Crippen LogP contribution in [0.1, 0.15) is 32.1 Å². The van der Waals surface area contributed by atoms with E-state index in [9.17, 15) is 4.79 Å². The van der Waals surface area contributed by atoms with Crippen LogP contribution in [0.25, 0.3) is 0 Å². The van der Waals surface area contributed by atoms with Crippen LogP contribution in [0.3, 0.4) is 0 Å². The highest BCUT2D eigenvalue weighted by Gasteiger charge is 2.35. The van der Waals surface area contributed by atoms with E-state index < -0.39 is 0 Å². The third-order valence-corrected chi connectivity index (χ3v) is 3.34. The summed E-state index contributed by atoms with van der Waals surface area (Å²) < 4.78 is 0. The largest absolute Gasteiger partial charge is 0.302 e. The van der Waals surface area contributed by atoms with Crippen molar-refractivity contribution in [3.05, 3.63) is 0 Å². The van der Waals surface area contributed by atoms with Crippen LogP contribution < -0.4 is 0 Å². The minimum atomic E-state index is 0.160. The van der Waals surface area contributed by atoms with Gasteiger partial charge >= 0.3 is 0 Å². The molecule has 74 valence electrons. The highest BCUT2D eigenvalue weighted by molar-refractivity contribution is 5.58. The number of hydrogen-bond donors (Lipinski definition) is 0. The van der Waals surface area contributed by atoms with Gasteiger partial charge in [-0.3, -0.25) is 0 Å². The monoisotopic (exact) mass is 182 g/mol. The van der Waals surface area contributed by atoms with Crippen molar-refractivity contribution in [2.24, 2.45) is 0 Å². The van der Waals surface area contributed by atoms with Gasteiger partial charge in [0.05, 0.1) is 6.04 Å². The maximum Gasteiger partial charge on any atom is 0.138 e. The van der Waals surface area contributed by atoms with Gasteiger partial charge in [0.1, 0.15) is 6.29 Å². The van der Waals surface area contributed by atoms with Gasteiger partial charge in [-0.1, -0.05) is 12.8 Å². The molecule has 1 heterocycles. The van der Waals surface area contributed by atoms with Crippen molar-refractivity contribution >= 4 is 6.29 Å². The molecule has 1 unspecified atom stereocenters. The van der Waals surface area contributed by atoms with Gasteiger partial charge < -0.3 is 4.79 Å². The van der Waals surface area contributed by atoms with Gasteiger partial charge in [0, 0.05) is 19.6 Å². The molecule has 0 N–H and O–H groups in total. The molecule has 1 atom stereocenters. The van der Waals surface area contributed by atoms with E-state index in [1.54, 1.807) is 0 Å². The van der Waals surface area contributed by atoms with Crippen molar-refractivity contribution in [3.63, 3.8) is 0 Å². The molecule has 0 radical (unpaired) electrons. The third-order valence-electron chi connectivity index (χ3n) is 3.34. The standard InChI is InChI=1S/C10H18N2O/c1-11-7-6-10(8-13)12(11)9-4-2-3-5-9/h8-10H,2-7H2,1H3. The van der Waals surface area contributed by atoms with Crippen LogP contribution in [0.15, 0.2) is 0 Å². The zero-order valence-electron chi connectivity index (χ0n) is 8.28. The molecule has 2 fully saturated rings. The molecule has 2 rings (SSSR count). The highest BCUT2D eigenvalue weighted by atomic mass is 16.1. The van der Waals surface area contributed by atoms with Gasteiger partial charge in [0.2, 0.25) is 0 Å². The molecule has 13 heavy (non-hydrogen) atoms. The maximum absolute atomic E-state index is 10.9. The predicted molar refractivity (Wildman–Crippen MR) is 51.2 cm³/mol. The first-order valence-electron chi connectivity index (χ1n) is 5.27. The van der Waals surface area contributed by atoms with Crippen molar-refractivity contribution in [3.8, 4) is 0 Å². The van der Waals surface area contributed by atoms with E-state index in [1.807, 2.05) is 0 Å². The fraction of sp³-hybridized carbons (Fsp3) is 0.900. The fourth-order valence-electron chi connectivity index (χ4n) is 2.67. The molecule has 3 nitrogen and oxygen atoms in total. The summed E-state index contributed by atoms with van der Waals surface area (Å²) in [5.41, 5.74) is 0. The normalized spacial score (nSPS) is 32.8. The first-order chi connectivity index (χ1) is 6.33. The molecule has 0 aromatic rings. The van der Waals surface area contributed by atoms with Crippen molar-refractivity contribution in [2.75, 3.05) is 13.6 Å². The lowest BCUT2D eigenvalue weighted by atomic mass is 10.2.